The fourth-order valence-electron chi connectivity index (χ4n) is 2.73. The van der Waals surface area contributed by atoms with E-state index in [2.05, 4.69) is 10.4 Å². The van der Waals surface area contributed by atoms with Gasteiger partial charge in [0.05, 0.1) is 5.69 Å². The summed E-state index contributed by atoms with van der Waals surface area (Å²) in [5.41, 5.74) is 4.55. The van der Waals surface area contributed by atoms with E-state index < -0.39 is 7.12 Å². The molecule has 0 atom stereocenters. The average molecular weight is 384 g/mol. The fraction of sp³-hybridized carbons (Fsp3) is 0.158. The van der Waals surface area contributed by atoms with Gasteiger partial charge in [0.2, 0.25) is 6.41 Å². The number of rotatable bonds is 3. The van der Waals surface area contributed by atoms with Gasteiger partial charge in [-0.1, -0.05) is 23.7 Å². The third-order valence-corrected chi connectivity index (χ3v) is 4.62. The first kappa shape index (κ1) is 19.2. The molecule has 3 aromatic rings. The Morgan fingerprint density at radius 1 is 1.33 bits per heavy atom. The molecule has 6 nitrogen and oxygen atoms in total. The lowest BCUT2D eigenvalue weighted by molar-refractivity contribution is -0.105. The zero-order valence-corrected chi connectivity index (χ0v) is 15.6. The largest absolute Gasteiger partial charge is 0.491 e. The molecule has 1 aliphatic rings. The fourth-order valence-corrected chi connectivity index (χ4v) is 2.90. The summed E-state index contributed by atoms with van der Waals surface area (Å²) >= 11 is 5.99. The predicted molar refractivity (Wildman–Crippen MR) is 107 cm³/mol. The van der Waals surface area contributed by atoms with Crippen molar-refractivity contribution in [1.29, 1.82) is 0 Å². The van der Waals surface area contributed by atoms with E-state index in [0.29, 0.717) is 18.7 Å². The van der Waals surface area contributed by atoms with Crippen LogP contribution in [-0.4, -0.2) is 34.9 Å². The van der Waals surface area contributed by atoms with Gasteiger partial charge in [0.1, 0.15) is 0 Å². The molecule has 8 heteroatoms. The lowest BCUT2D eigenvalue weighted by Gasteiger charge is -2.19. The number of anilines is 1. The standard InChI is InChI=1S/C10H9ClN2.C9H10BNO3/c1-8-3-4-9(7-10(8)11)13-6-2-5-12-13;12-6-11-8-2-1-7-3-4-14-10(13)9(7)5-8/h2-7H,1H3;1-2,5-6,13H,3-4H2,(H,11,12). The molecule has 0 radical (unpaired) electrons. The Balaban J connectivity index is 0.000000156. The van der Waals surface area contributed by atoms with Crippen LogP contribution in [0.4, 0.5) is 5.69 Å². The highest BCUT2D eigenvalue weighted by molar-refractivity contribution is 6.61. The van der Waals surface area contributed by atoms with Gasteiger partial charge in [-0.15, -0.1) is 0 Å². The summed E-state index contributed by atoms with van der Waals surface area (Å²) in [6, 6.07) is 13.2. The molecule has 2 aromatic carbocycles. The highest BCUT2D eigenvalue weighted by Gasteiger charge is 2.24. The molecule has 0 spiro atoms. The molecule has 0 aliphatic carbocycles. The second kappa shape index (κ2) is 8.86. The predicted octanol–water partition coefficient (Wildman–Crippen LogP) is 2.35. The summed E-state index contributed by atoms with van der Waals surface area (Å²) in [6.07, 6.45) is 5.04. The minimum atomic E-state index is -0.868. The van der Waals surface area contributed by atoms with Gasteiger partial charge < -0.3 is 15.0 Å². The number of carbonyl (C=O) groups excluding carboxylic acids is 1. The summed E-state index contributed by atoms with van der Waals surface area (Å²) in [6.45, 7) is 2.52. The van der Waals surface area contributed by atoms with E-state index in [1.807, 2.05) is 49.5 Å². The third-order valence-electron chi connectivity index (χ3n) is 4.21. The topological polar surface area (TPSA) is 76.4 Å². The van der Waals surface area contributed by atoms with Crippen LogP contribution in [0.5, 0.6) is 0 Å². The second-order valence-electron chi connectivity index (χ2n) is 6.03. The molecule has 27 heavy (non-hydrogen) atoms. The Hall–Kier alpha value is -2.61. The van der Waals surface area contributed by atoms with Crippen LogP contribution in [0.2, 0.25) is 5.02 Å². The molecule has 0 bridgehead atoms. The van der Waals surface area contributed by atoms with E-state index in [4.69, 9.17) is 16.3 Å². The molecule has 0 unspecified atom stereocenters. The number of hydrogen-bond donors (Lipinski definition) is 2. The molecule has 0 fully saturated rings. The normalized spacial score (nSPS) is 12.6. The van der Waals surface area contributed by atoms with Crippen LogP contribution in [-0.2, 0) is 15.9 Å². The van der Waals surface area contributed by atoms with Crippen molar-refractivity contribution in [3.8, 4) is 5.69 Å². The first-order valence-electron chi connectivity index (χ1n) is 8.47. The molecule has 138 valence electrons. The Labute approximate surface area is 162 Å². The number of aryl methyl sites for hydroxylation is 1. The maximum Gasteiger partial charge on any atom is 0.491 e. The number of aromatic nitrogens is 2. The van der Waals surface area contributed by atoms with Crippen LogP contribution in [0.1, 0.15) is 11.1 Å². The first-order valence-corrected chi connectivity index (χ1v) is 8.85. The van der Waals surface area contributed by atoms with E-state index in [-0.39, 0.29) is 0 Å². The molecule has 0 saturated carbocycles. The number of hydrogen-bond acceptors (Lipinski definition) is 4. The summed E-state index contributed by atoms with van der Waals surface area (Å²) in [5, 5.41) is 16.9. The summed E-state index contributed by atoms with van der Waals surface area (Å²) in [7, 11) is -0.868. The van der Waals surface area contributed by atoms with Gasteiger partial charge >= 0.3 is 7.12 Å². The quantitative estimate of drug-likeness (QED) is 0.538. The van der Waals surface area contributed by atoms with Gasteiger partial charge in [-0.25, -0.2) is 4.68 Å². The van der Waals surface area contributed by atoms with E-state index in [0.717, 1.165) is 33.7 Å². The first-order chi connectivity index (χ1) is 13.1. The average Bonchev–Trinajstić information content (AvgIpc) is 3.20. The van der Waals surface area contributed by atoms with Crippen LogP contribution in [0.25, 0.3) is 5.69 Å². The van der Waals surface area contributed by atoms with Gasteiger partial charge in [-0.2, -0.15) is 5.10 Å². The number of benzene rings is 2. The number of amides is 1. The molecule has 1 aromatic heterocycles. The molecule has 0 saturated heterocycles. The summed E-state index contributed by atoms with van der Waals surface area (Å²) in [5.74, 6) is 0. The van der Waals surface area contributed by atoms with Crippen LogP contribution >= 0.6 is 11.6 Å². The molecule has 2 heterocycles. The number of halogens is 1. The molecule has 2 N–H and O–H groups in total. The van der Waals surface area contributed by atoms with E-state index in [9.17, 15) is 9.82 Å². The van der Waals surface area contributed by atoms with Crippen LogP contribution < -0.4 is 10.8 Å². The van der Waals surface area contributed by atoms with E-state index in [1.54, 1.807) is 16.9 Å². The Morgan fingerprint density at radius 3 is 2.89 bits per heavy atom. The minimum absolute atomic E-state index is 0.536. The summed E-state index contributed by atoms with van der Waals surface area (Å²) in [4.78, 5) is 10.2. The number of fused-ring (bicyclic) bond motifs is 1. The lowest BCUT2D eigenvalue weighted by atomic mass is 9.73. The molecule has 1 aliphatic heterocycles. The maximum atomic E-state index is 10.2. The van der Waals surface area contributed by atoms with Crippen molar-refractivity contribution in [1.82, 2.24) is 9.78 Å². The Morgan fingerprint density at radius 2 is 2.19 bits per heavy atom. The number of nitrogens with zero attached hydrogens (tertiary/aromatic N) is 2. The van der Waals surface area contributed by atoms with Gasteiger partial charge in [0, 0.05) is 29.7 Å². The van der Waals surface area contributed by atoms with Crippen LogP contribution in [0.3, 0.4) is 0 Å². The van der Waals surface area contributed by atoms with Crippen molar-refractivity contribution in [2.45, 2.75) is 13.3 Å². The van der Waals surface area contributed by atoms with Crippen molar-refractivity contribution in [3.63, 3.8) is 0 Å². The van der Waals surface area contributed by atoms with Crippen LogP contribution in [0, 0.1) is 6.92 Å². The molecule has 4 rings (SSSR count). The molecular formula is C19H19BClN3O3. The van der Waals surface area contributed by atoms with Crippen molar-refractivity contribution in [3.05, 3.63) is 71.0 Å². The SMILES string of the molecule is Cc1ccc(-n2cccn2)cc1Cl.O=CNc1ccc2c(c1)B(O)OCC2. The smallest absolute Gasteiger partial charge is 0.423 e. The Bertz CT molecular complexity index is 919. The van der Waals surface area contributed by atoms with Gasteiger partial charge in [0.15, 0.2) is 0 Å². The lowest BCUT2D eigenvalue weighted by Crippen LogP contribution is -2.41. The zero-order chi connectivity index (χ0) is 19.2. The van der Waals surface area contributed by atoms with Crippen molar-refractivity contribution < 1.29 is 14.5 Å². The number of carbonyl (C=O) groups is 1. The van der Waals surface area contributed by atoms with Gasteiger partial charge in [-0.3, -0.25) is 4.79 Å². The zero-order valence-electron chi connectivity index (χ0n) is 14.8. The van der Waals surface area contributed by atoms with Crippen molar-refractivity contribution in [2.75, 3.05) is 11.9 Å². The highest BCUT2D eigenvalue weighted by atomic mass is 35.5. The summed E-state index contributed by atoms with van der Waals surface area (Å²) < 4.78 is 6.86. The molecule has 1 amide bonds. The van der Waals surface area contributed by atoms with Crippen molar-refractivity contribution >= 4 is 36.3 Å². The third kappa shape index (κ3) is 4.77. The second-order valence-corrected chi connectivity index (χ2v) is 6.44. The van der Waals surface area contributed by atoms with Crippen molar-refractivity contribution in [2.24, 2.45) is 0 Å². The molecular weight excluding hydrogens is 364 g/mol. The van der Waals surface area contributed by atoms with E-state index in [1.165, 1.54) is 0 Å². The Kier molecular flexibility index (Phi) is 6.29. The van der Waals surface area contributed by atoms with Gasteiger partial charge in [0.25, 0.3) is 0 Å². The monoisotopic (exact) mass is 383 g/mol. The van der Waals surface area contributed by atoms with Gasteiger partial charge in [-0.05, 0) is 60.3 Å². The highest BCUT2D eigenvalue weighted by Crippen LogP contribution is 2.18. The maximum absolute atomic E-state index is 10.2. The minimum Gasteiger partial charge on any atom is -0.423 e. The van der Waals surface area contributed by atoms with Crippen LogP contribution in [0.15, 0.2) is 54.9 Å². The van der Waals surface area contributed by atoms with E-state index >= 15 is 0 Å². The number of nitrogens with one attached hydrogen (secondary N) is 1.